The van der Waals surface area contributed by atoms with E-state index in [-0.39, 0.29) is 34.2 Å². The van der Waals surface area contributed by atoms with Gasteiger partial charge in [0.15, 0.2) is 17.3 Å². The molecule has 0 unspecified atom stereocenters. The van der Waals surface area contributed by atoms with Crippen molar-refractivity contribution in [1.82, 2.24) is 0 Å². The number of carbonyl (C=O) groups excluding carboxylic acids is 3. The summed E-state index contributed by atoms with van der Waals surface area (Å²) >= 11 is 5.96. The second-order valence-electron chi connectivity index (χ2n) is 6.62. The predicted molar refractivity (Wildman–Crippen MR) is 106 cm³/mol. The van der Waals surface area contributed by atoms with E-state index in [0.717, 1.165) is 0 Å². The van der Waals surface area contributed by atoms with Crippen LogP contribution >= 0.6 is 11.6 Å². The van der Waals surface area contributed by atoms with E-state index in [2.05, 4.69) is 0 Å². The number of halogens is 1. The maximum Gasteiger partial charge on any atom is 0.229 e. The predicted octanol–water partition coefficient (Wildman–Crippen LogP) is 5.55. The fourth-order valence-electron chi connectivity index (χ4n) is 3.27. The zero-order chi connectivity index (χ0) is 20.0. The second kappa shape index (κ2) is 6.73. The fourth-order valence-corrected chi connectivity index (χ4v) is 3.39. The van der Waals surface area contributed by atoms with E-state index in [1.54, 1.807) is 68.4 Å². The van der Waals surface area contributed by atoms with Crippen molar-refractivity contribution >= 4 is 29.0 Å². The van der Waals surface area contributed by atoms with Crippen LogP contribution in [0.25, 0.3) is 11.3 Å². The SMILES string of the molecule is CC1=C(C)C(=O)c2c(-c3ccc(Cl)cc3)oc(C(=O)c3ccccc3)c2C1=O. The number of rotatable bonds is 3. The second-order valence-corrected chi connectivity index (χ2v) is 7.06. The molecule has 0 spiro atoms. The van der Waals surface area contributed by atoms with Gasteiger partial charge in [-0.2, -0.15) is 0 Å². The van der Waals surface area contributed by atoms with Crippen molar-refractivity contribution in [3.8, 4) is 11.3 Å². The van der Waals surface area contributed by atoms with Gasteiger partial charge in [0.05, 0.1) is 11.1 Å². The first-order valence-electron chi connectivity index (χ1n) is 8.69. The number of carbonyl (C=O) groups is 3. The lowest BCUT2D eigenvalue weighted by Gasteiger charge is -2.14. The van der Waals surface area contributed by atoms with Crippen molar-refractivity contribution in [1.29, 1.82) is 0 Å². The minimum absolute atomic E-state index is 0.0342. The van der Waals surface area contributed by atoms with Gasteiger partial charge in [-0.3, -0.25) is 14.4 Å². The van der Waals surface area contributed by atoms with Crippen LogP contribution in [0.5, 0.6) is 0 Å². The van der Waals surface area contributed by atoms with Gasteiger partial charge in [0.2, 0.25) is 5.78 Å². The van der Waals surface area contributed by atoms with Gasteiger partial charge in [0.1, 0.15) is 5.76 Å². The average molecular weight is 391 g/mol. The summed E-state index contributed by atoms with van der Waals surface area (Å²) in [5.74, 6) is -1.03. The number of hydrogen-bond acceptors (Lipinski definition) is 4. The summed E-state index contributed by atoms with van der Waals surface area (Å²) in [4.78, 5) is 39.0. The average Bonchev–Trinajstić information content (AvgIpc) is 3.12. The summed E-state index contributed by atoms with van der Waals surface area (Å²) in [5, 5.41) is 0.527. The summed E-state index contributed by atoms with van der Waals surface area (Å²) in [6.07, 6.45) is 0. The lowest BCUT2D eigenvalue weighted by Crippen LogP contribution is -2.20. The van der Waals surface area contributed by atoms with Crippen LogP contribution in [0.4, 0.5) is 0 Å². The molecular weight excluding hydrogens is 376 g/mol. The molecular formula is C23H15ClO4. The Morgan fingerprint density at radius 1 is 0.821 bits per heavy atom. The molecule has 3 aromatic rings. The first kappa shape index (κ1) is 18.1. The van der Waals surface area contributed by atoms with E-state index in [1.165, 1.54) is 0 Å². The van der Waals surface area contributed by atoms with E-state index < -0.39 is 5.78 Å². The zero-order valence-corrected chi connectivity index (χ0v) is 16.0. The van der Waals surface area contributed by atoms with Gasteiger partial charge in [-0.15, -0.1) is 0 Å². The molecule has 1 aromatic heterocycles. The van der Waals surface area contributed by atoms with E-state index >= 15 is 0 Å². The largest absolute Gasteiger partial charge is 0.451 e. The summed E-state index contributed by atoms with van der Waals surface area (Å²) < 4.78 is 5.89. The number of hydrogen-bond donors (Lipinski definition) is 0. The van der Waals surface area contributed by atoms with Gasteiger partial charge in [-0.1, -0.05) is 41.9 Å². The third-order valence-electron chi connectivity index (χ3n) is 4.95. The van der Waals surface area contributed by atoms with Crippen LogP contribution in [0, 0.1) is 0 Å². The lowest BCUT2D eigenvalue weighted by atomic mass is 9.84. The van der Waals surface area contributed by atoms with Crippen LogP contribution in [0.3, 0.4) is 0 Å². The molecule has 138 valence electrons. The summed E-state index contributed by atoms with van der Waals surface area (Å²) in [5.41, 5.74) is 1.80. The molecule has 0 saturated carbocycles. The number of Topliss-reactive ketones (excluding diaryl/α,β-unsaturated/α-hetero) is 2. The molecule has 5 heteroatoms. The van der Waals surface area contributed by atoms with Gasteiger partial charge in [-0.05, 0) is 38.1 Å². The van der Waals surface area contributed by atoms with Gasteiger partial charge in [-0.25, -0.2) is 0 Å². The maximum absolute atomic E-state index is 13.1. The molecule has 0 amide bonds. The summed E-state index contributed by atoms with van der Waals surface area (Å²) in [6, 6.07) is 15.2. The highest BCUT2D eigenvalue weighted by Crippen LogP contribution is 2.39. The standard InChI is InChI=1S/C23H15ClO4/c1-12-13(2)20(26)18-17(19(12)25)22(15-8-10-16(24)11-9-15)28-23(18)21(27)14-6-4-3-5-7-14/h3-11H,1-2H3. The molecule has 0 N–H and O–H groups in total. The molecule has 4 nitrogen and oxygen atoms in total. The minimum Gasteiger partial charge on any atom is -0.451 e. The monoisotopic (exact) mass is 390 g/mol. The van der Waals surface area contributed by atoms with E-state index in [0.29, 0.717) is 27.3 Å². The van der Waals surface area contributed by atoms with Crippen molar-refractivity contribution in [3.63, 3.8) is 0 Å². The molecule has 0 bridgehead atoms. The highest BCUT2D eigenvalue weighted by atomic mass is 35.5. The van der Waals surface area contributed by atoms with Crippen molar-refractivity contribution in [2.45, 2.75) is 13.8 Å². The van der Waals surface area contributed by atoms with E-state index in [1.807, 2.05) is 0 Å². The van der Waals surface area contributed by atoms with E-state index in [9.17, 15) is 14.4 Å². The molecule has 28 heavy (non-hydrogen) atoms. The Kier molecular flexibility index (Phi) is 4.36. The van der Waals surface area contributed by atoms with Gasteiger partial charge < -0.3 is 4.42 Å². The van der Waals surface area contributed by atoms with Gasteiger partial charge in [0, 0.05) is 27.3 Å². The molecule has 4 rings (SSSR count). The van der Waals surface area contributed by atoms with Crippen molar-refractivity contribution in [3.05, 3.63) is 93.2 Å². The molecule has 1 aliphatic rings. The quantitative estimate of drug-likeness (QED) is 0.550. The Bertz CT molecular complexity index is 1170. The van der Waals surface area contributed by atoms with Gasteiger partial charge >= 0.3 is 0 Å². The van der Waals surface area contributed by atoms with Crippen LogP contribution in [0.15, 0.2) is 70.2 Å². The Morgan fingerprint density at radius 3 is 2.00 bits per heavy atom. The molecule has 0 fully saturated rings. The smallest absolute Gasteiger partial charge is 0.229 e. The Labute approximate surface area is 166 Å². The first-order valence-corrected chi connectivity index (χ1v) is 9.07. The highest BCUT2D eigenvalue weighted by Gasteiger charge is 2.38. The fraction of sp³-hybridized carbons (Fsp3) is 0.0870. The molecule has 0 radical (unpaired) electrons. The normalized spacial score (nSPS) is 13.7. The van der Waals surface area contributed by atoms with Crippen molar-refractivity contribution in [2.24, 2.45) is 0 Å². The Balaban J connectivity index is 2.00. The third kappa shape index (κ3) is 2.74. The van der Waals surface area contributed by atoms with Crippen LogP contribution in [-0.2, 0) is 0 Å². The lowest BCUT2D eigenvalue weighted by molar-refractivity contribution is 0.0965. The van der Waals surface area contributed by atoms with Crippen LogP contribution in [0.2, 0.25) is 5.02 Å². The number of fused-ring (bicyclic) bond motifs is 1. The van der Waals surface area contributed by atoms with Crippen molar-refractivity contribution in [2.75, 3.05) is 0 Å². The molecule has 0 saturated heterocycles. The first-order chi connectivity index (χ1) is 13.4. The Morgan fingerprint density at radius 2 is 1.39 bits per heavy atom. The van der Waals surface area contributed by atoms with Crippen LogP contribution in [-0.4, -0.2) is 17.3 Å². The maximum atomic E-state index is 13.1. The van der Waals surface area contributed by atoms with Gasteiger partial charge in [0.25, 0.3) is 0 Å². The molecule has 1 heterocycles. The molecule has 1 aliphatic carbocycles. The molecule has 2 aromatic carbocycles. The number of furan rings is 1. The number of allylic oxidation sites excluding steroid dienone is 2. The summed E-state index contributed by atoms with van der Waals surface area (Å²) in [6.45, 7) is 3.19. The Hall–Kier alpha value is -3.24. The topological polar surface area (TPSA) is 64.3 Å². The molecule has 0 atom stereocenters. The summed E-state index contributed by atoms with van der Waals surface area (Å²) in [7, 11) is 0. The van der Waals surface area contributed by atoms with E-state index in [4.69, 9.17) is 16.0 Å². The highest BCUT2D eigenvalue weighted by molar-refractivity contribution is 6.32. The van der Waals surface area contributed by atoms with Crippen molar-refractivity contribution < 1.29 is 18.8 Å². The third-order valence-corrected chi connectivity index (χ3v) is 5.21. The zero-order valence-electron chi connectivity index (χ0n) is 15.2. The van der Waals surface area contributed by atoms with Crippen LogP contribution < -0.4 is 0 Å². The number of ketones is 3. The molecule has 0 aliphatic heterocycles. The minimum atomic E-state index is -0.439. The van der Waals surface area contributed by atoms with Crippen LogP contribution in [0.1, 0.15) is 50.7 Å². The number of benzene rings is 2.